The van der Waals surface area contributed by atoms with E-state index in [-0.39, 0.29) is 6.10 Å². The summed E-state index contributed by atoms with van der Waals surface area (Å²) in [4.78, 5) is 0. The Balaban J connectivity index is 1.88. The third kappa shape index (κ3) is 6.44. The molecule has 2 rings (SSSR count). The Kier molecular flexibility index (Phi) is 8.53. The molecule has 1 atom stereocenters. The van der Waals surface area contributed by atoms with E-state index in [1.807, 2.05) is 36.4 Å². The lowest BCUT2D eigenvalue weighted by Gasteiger charge is -2.21. The molecule has 0 radical (unpaired) electrons. The molecule has 0 aliphatic heterocycles. The van der Waals surface area contributed by atoms with E-state index in [2.05, 4.69) is 36.5 Å². The Hall–Kier alpha value is -1.68. The number of aliphatic hydroxyl groups excluding tert-OH is 1. The smallest absolute Gasteiger partial charge is 0.108 e. The van der Waals surface area contributed by atoms with Crippen LogP contribution in [0.2, 0.25) is 0 Å². The third-order valence-corrected chi connectivity index (χ3v) is 4.00. The fourth-order valence-electron chi connectivity index (χ4n) is 2.68. The van der Waals surface area contributed by atoms with Gasteiger partial charge in [-0.1, -0.05) is 80.4 Å². The number of hydrogen-bond donors (Lipinski definition) is 2. The van der Waals surface area contributed by atoms with Crippen LogP contribution in [0, 0.1) is 0 Å². The normalized spacial score (nSPS) is 12.5. The summed E-state index contributed by atoms with van der Waals surface area (Å²) in [6.07, 6.45) is 2.94. The van der Waals surface area contributed by atoms with Crippen LogP contribution in [0.15, 0.2) is 60.7 Å². The molecule has 0 fully saturated rings. The first kappa shape index (κ1) is 18.7. The van der Waals surface area contributed by atoms with Crippen LogP contribution in [0.5, 0.6) is 0 Å². The van der Waals surface area contributed by atoms with Gasteiger partial charge in [-0.15, -0.1) is 0 Å². The van der Waals surface area contributed by atoms with E-state index in [1.165, 1.54) is 12.8 Å². The van der Waals surface area contributed by atoms with Gasteiger partial charge >= 0.3 is 0 Å². The van der Waals surface area contributed by atoms with E-state index >= 15 is 0 Å². The molecule has 24 heavy (non-hydrogen) atoms. The van der Waals surface area contributed by atoms with Gasteiger partial charge in [0.1, 0.15) is 6.10 Å². The largest absolute Gasteiger partial charge is 0.389 e. The highest BCUT2D eigenvalue weighted by atomic mass is 16.5. The highest BCUT2D eigenvalue weighted by molar-refractivity contribution is 5.29. The third-order valence-electron chi connectivity index (χ3n) is 4.00. The number of rotatable bonds is 11. The van der Waals surface area contributed by atoms with Crippen molar-refractivity contribution in [1.82, 2.24) is 5.32 Å². The summed E-state index contributed by atoms with van der Waals surface area (Å²) in [6.45, 7) is 4.02. The van der Waals surface area contributed by atoms with E-state index in [0.717, 1.165) is 24.1 Å². The van der Waals surface area contributed by atoms with Gasteiger partial charge in [-0.25, -0.2) is 0 Å². The molecule has 0 saturated heterocycles. The molecular formula is C21H29NO2. The van der Waals surface area contributed by atoms with E-state index < -0.39 is 6.10 Å². The lowest BCUT2D eigenvalue weighted by atomic mass is 10.0. The van der Waals surface area contributed by atoms with Crippen LogP contribution in [-0.2, 0) is 4.74 Å². The van der Waals surface area contributed by atoms with Crippen LogP contribution in [0.1, 0.15) is 43.4 Å². The zero-order valence-electron chi connectivity index (χ0n) is 14.5. The van der Waals surface area contributed by atoms with E-state index in [4.69, 9.17) is 4.74 Å². The molecule has 0 spiro atoms. The van der Waals surface area contributed by atoms with Crippen molar-refractivity contribution < 1.29 is 9.84 Å². The number of aliphatic hydroxyl groups is 1. The maximum absolute atomic E-state index is 10.2. The number of hydrogen-bond acceptors (Lipinski definition) is 3. The molecule has 3 nitrogen and oxygen atoms in total. The van der Waals surface area contributed by atoms with Gasteiger partial charge in [-0.3, -0.25) is 0 Å². The number of ether oxygens (including phenoxy) is 1. The molecule has 1 unspecified atom stereocenters. The minimum atomic E-state index is -0.499. The van der Waals surface area contributed by atoms with Crippen LogP contribution in [-0.4, -0.2) is 30.9 Å². The van der Waals surface area contributed by atoms with Gasteiger partial charge in [0.2, 0.25) is 0 Å². The Labute approximate surface area is 145 Å². The second-order valence-corrected chi connectivity index (χ2v) is 6.10. The van der Waals surface area contributed by atoms with E-state index in [1.54, 1.807) is 0 Å². The van der Waals surface area contributed by atoms with Crippen LogP contribution in [0.4, 0.5) is 0 Å². The summed E-state index contributed by atoms with van der Waals surface area (Å²) >= 11 is 0. The minimum Gasteiger partial charge on any atom is -0.389 e. The molecule has 0 heterocycles. The minimum absolute atomic E-state index is 0.151. The molecule has 0 amide bonds. The first-order chi connectivity index (χ1) is 11.8. The predicted molar refractivity (Wildman–Crippen MR) is 99.1 cm³/mol. The molecule has 2 aromatic rings. The van der Waals surface area contributed by atoms with E-state index in [0.29, 0.717) is 13.2 Å². The van der Waals surface area contributed by atoms with Crippen molar-refractivity contribution in [2.45, 2.75) is 38.4 Å². The Morgan fingerprint density at radius 1 is 0.917 bits per heavy atom. The van der Waals surface area contributed by atoms with Gasteiger partial charge in [0.25, 0.3) is 0 Å². The lowest BCUT2D eigenvalue weighted by Crippen LogP contribution is -2.31. The molecule has 2 aromatic carbocycles. The maximum atomic E-state index is 10.2. The lowest BCUT2D eigenvalue weighted by molar-refractivity contribution is 0.00665. The van der Waals surface area contributed by atoms with Gasteiger partial charge in [-0.2, -0.15) is 0 Å². The summed E-state index contributed by atoms with van der Waals surface area (Å²) in [6, 6.07) is 20.3. The van der Waals surface area contributed by atoms with Crippen molar-refractivity contribution in [2.75, 3.05) is 19.7 Å². The Bertz CT molecular complexity index is 505. The molecular weight excluding hydrogens is 298 g/mol. The average molecular weight is 327 g/mol. The molecule has 0 aromatic heterocycles. The Morgan fingerprint density at radius 3 is 2.04 bits per heavy atom. The monoisotopic (exact) mass is 327 g/mol. The number of nitrogens with one attached hydrogen (secondary N) is 1. The summed E-state index contributed by atoms with van der Waals surface area (Å²) in [5.74, 6) is 0. The average Bonchev–Trinajstić information content (AvgIpc) is 2.63. The van der Waals surface area contributed by atoms with Crippen molar-refractivity contribution in [3.63, 3.8) is 0 Å². The molecule has 0 saturated carbocycles. The van der Waals surface area contributed by atoms with Gasteiger partial charge in [0, 0.05) is 6.54 Å². The quantitative estimate of drug-likeness (QED) is 0.614. The van der Waals surface area contributed by atoms with Crippen molar-refractivity contribution in [1.29, 1.82) is 0 Å². The fraction of sp³-hybridized carbons (Fsp3) is 0.429. The van der Waals surface area contributed by atoms with Crippen molar-refractivity contribution in [2.24, 2.45) is 0 Å². The van der Waals surface area contributed by atoms with Gasteiger partial charge in [0.05, 0.1) is 12.7 Å². The van der Waals surface area contributed by atoms with Crippen molar-refractivity contribution in [3.8, 4) is 0 Å². The SMILES string of the molecule is CCCCCNCC(O)COC(c1ccccc1)c1ccccc1. The molecule has 3 heteroatoms. The standard InChI is InChI=1S/C21H29NO2/c1-2-3-10-15-22-16-20(23)17-24-21(18-11-6-4-7-12-18)19-13-8-5-9-14-19/h4-9,11-14,20-23H,2-3,10,15-17H2,1H3. The molecule has 0 aliphatic carbocycles. The molecule has 2 N–H and O–H groups in total. The van der Waals surface area contributed by atoms with Crippen LogP contribution in [0.25, 0.3) is 0 Å². The van der Waals surface area contributed by atoms with Gasteiger partial charge in [-0.05, 0) is 24.1 Å². The first-order valence-electron chi connectivity index (χ1n) is 8.91. The summed E-state index contributed by atoms with van der Waals surface area (Å²) in [7, 11) is 0. The predicted octanol–water partition coefficient (Wildman–Crippen LogP) is 3.93. The summed E-state index contributed by atoms with van der Waals surface area (Å²) in [5, 5.41) is 13.5. The van der Waals surface area contributed by atoms with Gasteiger partial charge < -0.3 is 15.2 Å². The van der Waals surface area contributed by atoms with Crippen LogP contribution >= 0.6 is 0 Å². The second-order valence-electron chi connectivity index (χ2n) is 6.10. The zero-order valence-corrected chi connectivity index (χ0v) is 14.5. The molecule has 0 aliphatic rings. The first-order valence-corrected chi connectivity index (χ1v) is 8.91. The van der Waals surface area contributed by atoms with Crippen LogP contribution < -0.4 is 5.32 Å². The second kappa shape index (κ2) is 11.0. The molecule has 0 bridgehead atoms. The topological polar surface area (TPSA) is 41.5 Å². The highest BCUT2D eigenvalue weighted by Gasteiger charge is 2.16. The fourth-order valence-corrected chi connectivity index (χ4v) is 2.68. The molecule has 130 valence electrons. The summed E-state index contributed by atoms with van der Waals surface area (Å²) in [5.41, 5.74) is 2.21. The zero-order chi connectivity index (χ0) is 17.0. The summed E-state index contributed by atoms with van der Waals surface area (Å²) < 4.78 is 6.06. The van der Waals surface area contributed by atoms with Crippen molar-refractivity contribution in [3.05, 3.63) is 71.8 Å². The number of unbranched alkanes of at least 4 members (excludes halogenated alkanes) is 2. The maximum Gasteiger partial charge on any atom is 0.108 e. The number of benzene rings is 2. The Morgan fingerprint density at radius 2 is 1.50 bits per heavy atom. The van der Waals surface area contributed by atoms with E-state index in [9.17, 15) is 5.11 Å². The van der Waals surface area contributed by atoms with Crippen LogP contribution in [0.3, 0.4) is 0 Å². The van der Waals surface area contributed by atoms with Gasteiger partial charge in [0.15, 0.2) is 0 Å². The van der Waals surface area contributed by atoms with Crippen molar-refractivity contribution >= 4 is 0 Å². The highest BCUT2D eigenvalue weighted by Crippen LogP contribution is 2.25.